The summed E-state index contributed by atoms with van der Waals surface area (Å²) >= 11 is 0. The molecule has 2 aliphatic heterocycles. The van der Waals surface area contributed by atoms with Gasteiger partial charge in [0.1, 0.15) is 22.9 Å². The van der Waals surface area contributed by atoms with E-state index in [0.29, 0.717) is 18.6 Å². The third kappa shape index (κ3) is 4.49. The molecule has 1 N–H and O–H groups in total. The van der Waals surface area contributed by atoms with Crippen LogP contribution in [0.1, 0.15) is 47.2 Å². The van der Waals surface area contributed by atoms with Gasteiger partial charge in [-0.25, -0.2) is 22.0 Å². The number of nitrogens with one attached hydrogen (secondary N) is 1. The number of carbonyl (C=O) groups is 1. The zero-order valence-electron chi connectivity index (χ0n) is 19.6. The molecule has 3 aliphatic rings. The van der Waals surface area contributed by atoms with E-state index in [0.717, 1.165) is 44.6 Å². The van der Waals surface area contributed by atoms with Crippen LogP contribution >= 0.6 is 0 Å². The highest BCUT2D eigenvalue weighted by Crippen LogP contribution is 2.56. The molecular weight excluding hydrogens is 478 g/mol. The quantitative estimate of drug-likeness (QED) is 0.573. The number of methoxy groups -OCH3 is 1. The normalized spacial score (nSPS) is 23.3. The van der Waals surface area contributed by atoms with Crippen LogP contribution in [0.3, 0.4) is 0 Å². The second-order valence-corrected chi connectivity index (χ2v) is 11.2. The summed E-state index contributed by atoms with van der Waals surface area (Å²) in [4.78, 5) is 14.8. The molecule has 2 fully saturated rings. The molecule has 188 valence electrons. The van der Waals surface area contributed by atoms with E-state index in [-0.39, 0.29) is 45.2 Å². The van der Waals surface area contributed by atoms with Gasteiger partial charge in [-0.3, -0.25) is 4.72 Å². The molecule has 2 unspecified atom stereocenters. The molecule has 2 aromatic rings. The highest BCUT2D eigenvalue weighted by Gasteiger charge is 2.47. The number of hydrogen-bond acceptors (Lipinski definition) is 6. The number of hydrogen-bond donors (Lipinski definition) is 1. The lowest BCUT2D eigenvalue weighted by Gasteiger charge is -2.23. The van der Waals surface area contributed by atoms with E-state index in [1.807, 2.05) is 0 Å². The minimum atomic E-state index is -4.29. The topological polar surface area (TPSA) is 84.9 Å². The maximum atomic E-state index is 15.1. The van der Waals surface area contributed by atoms with Crippen LogP contribution in [0, 0.1) is 23.5 Å². The van der Waals surface area contributed by atoms with Crippen molar-refractivity contribution >= 4 is 21.7 Å². The fourth-order valence-corrected chi connectivity index (χ4v) is 6.64. The van der Waals surface area contributed by atoms with Crippen LogP contribution in [0.25, 0.3) is 0 Å². The van der Waals surface area contributed by atoms with Crippen molar-refractivity contribution in [1.82, 2.24) is 4.90 Å². The monoisotopic (exact) mass is 506 g/mol. The highest BCUT2D eigenvalue weighted by molar-refractivity contribution is 7.92. The molecule has 0 radical (unpaired) electrons. The molecular formula is C25H28F2N2O5S. The number of sulfonamides is 1. The molecule has 10 heteroatoms. The van der Waals surface area contributed by atoms with Crippen molar-refractivity contribution in [3.8, 4) is 5.75 Å². The molecule has 5 rings (SSSR count). The van der Waals surface area contributed by atoms with Crippen molar-refractivity contribution in [2.45, 2.75) is 37.0 Å². The van der Waals surface area contributed by atoms with Crippen molar-refractivity contribution in [3.05, 3.63) is 52.6 Å². The smallest absolute Gasteiger partial charge is 0.343 e. The van der Waals surface area contributed by atoms with Gasteiger partial charge in [0.05, 0.1) is 24.3 Å². The zero-order valence-corrected chi connectivity index (χ0v) is 20.5. The van der Waals surface area contributed by atoms with Crippen LogP contribution in [0.4, 0.5) is 14.5 Å². The predicted octanol–water partition coefficient (Wildman–Crippen LogP) is 3.93. The van der Waals surface area contributed by atoms with Crippen molar-refractivity contribution in [1.29, 1.82) is 0 Å². The number of halogens is 2. The van der Waals surface area contributed by atoms with Gasteiger partial charge in [-0.2, -0.15) is 0 Å². The number of benzene rings is 2. The average Bonchev–Trinajstić information content (AvgIpc) is 3.47. The number of fused-ring (bicyclic) bond motifs is 3. The van der Waals surface area contributed by atoms with Crippen LogP contribution in [0.5, 0.6) is 5.75 Å². The molecule has 3 atom stereocenters. The summed E-state index contributed by atoms with van der Waals surface area (Å²) in [5.74, 6) is -1.63. The maximum Gasteiger partial charge on any atom is 0.343 e. The van der Waals surface area contributed by atoms with Gasteiger partial charge in [0.15, 0.2) is 0 Å². The first-order valence-corrected chi connectivity index (χ1v) is 13.3. The SMILES string of the molecule is CCN1CC[C@@H](Cc2cc(F)ccc2S(=O)(=O)Nc2cc(F)c3c(c2C(=O)OC)OCC2CC32)C1. The van der Waals surface area contributed by atoms with Crippen LogP contribution in [0.15, 0.2) is 29.2 Å². The molecule has 35 heavy (non-hydrogen) atoms. The number of esters is 1. The molecule has 7 nitrogen and oxygen atoms in total. The molecule has 2 aromatic carbocycles. The van der Waals surface area contributed by atoms with Crippen molar-refractivity contribution in [2.75, 3.05) is 38.1 Å². The van der Waals surface area contributed by atoms with Crippen molar-refractivity contribution < 1.29 is 31.5 Å². The van der Waals surface area contributed by atoms with Crippen molar-refractivity contribution in [3.63, 3.8) is 0 Å². The summed E-state index contributed by atoms with van der Waals surface area (Å²) in [6, 6.07) is 4.52. The summed E-state index contributed by atoms with van der Waals surface area (Å²) in [6.45, 7) is 5.01. The van der Waals surface area contributed by atoms with E-state index in [9.17, 15) is 17.6 Å². The highest BCUT2D eigenvalue weighted by atomic mass is 32.2. The van der Waals surface area contributed by atoms with Gasteiger partial charge in [-0.05, 0) is 74.0 Å². The first kappa shape index (κ1) is 24.0. The van der Waals surface area contributed by atoms with Crippen LogP contribution in [-0.4, -0.2) is 52.6 Å². The van der Waals surface area contributed by atoms with E-state index in [2.05, 4.69) is 16.5 Å². The first-order chi connectivity index (χ1) is 16.7. The Kier molecular flexibility index (Phi) is 6.21. The van der Waals surface area contributed by atoms with E-state index in [1.54, 1.807) is 0 Å². The Morgan fingerprint density at radius 1 is 1.29 bits per heavy atom. The fourth-order valence-electron chi connectivity index (χ4n) is 5.35. The average molecular weight is 507 g/mol. The molecule has 1 saturated heterocycles. The largest absolute Gasteiger partial charge is 0.492 e. The Balaban J connectivity index is 1.51. The second-order valence-electron chi connectivity index (χ2n) is 9.54. The molecule has 2 heterocycles. The Morgan fingerprint density at radius 2 is 2.09 bits per heavy atom. The number of nitrogens with zero attached hydrogens (tertiary/aromatic N) is 1. The Hall–Kier alpha value is -2.72. The van der Waals surface area contributed by atoms with Gasteiger partial charge in [0.25, 0.3) is 10.0 Å². The lowest BCUT2D eigenvalue weighted by Crippen LogP contribution is -2.22. The lowest BCUT2D eigenvalue weighted by molar-refractivity contribution is 0.0596. The van der Waals surface area contributed by atoms with Crippen LogP contribution < -0.4 is 9.46 Å². The second kappa shape index (κ2) is 9.05. The van der Waals surface area contributed by atoms with Crippen LogP contribution in [-0.2, 0) is 21.2 Å². The van der Waals surface area contributed by atoms with Gasteiger partial charge in [-0.1, -0.05) is 6.92 Å². The molecule has 1 aliphatic carbocycles. The summed E-state index contributed by atoms with van der Waals surface area (Å²) in [6.07, 6.45) is 2.03. The number of likely N-dealkylation sites (tertiary alicyclic amines) is 1. The number of anilines is 1. The van der Waals surface area contributed by atoms with E-state index in [4.69, 9.17) is 9.47 Å². The van der Waals surface area contributed by atoms with Gasteiger partial charge < -0.3 is 14.4 Å². The third-order valence-corrected chi connectivity index (χ3v) is 8.74. The summed E-state index contributed by atoms with van der Waals surface area (Å²) in [5.41, 5.74) is 0.209. The van der Waals surface area contributed by atoms with Crippen LogP contribution in [0.2, 0.25) is 0 Å². The Labute approximate surface area is 203 Å². The Bertz CT molecular complexity index is 1280. The fraction of sp³-hybridized carbons (Fsp3) is 0.480. The van der Waals surface area contributed by atoms with Gasteiger partial charge >= 0.3 is 5.97 Å². The molecule has 0 amide bonds. The molecule has 0 bridgehead atoms. The molecule has 0 spiro atoms. The number of carbonyl (C=O) groups excluding carboxylic acids is 1. The van der Waals surface area contributed by atoms with Gasteiger partial charge in [0, 0.05) is 18.0 Å². The van der Waals surface area contributed by atoms with E-state index < -0.39 is 27.6 Å². The van der Waals surface area contributed by atoms with E-state index in [1.165, 1.54) is 19.2 Å². The Morgan fingerprint density at radius 3 is 2.80 bits per heavy atom. The maximum absolute atomic E-state index is 15.1. The standard InChI is InChI=1S/C25H28F2N2O5S/c1-3-29-7-6-14(12-29)8-15-9-17(26)4-5-21(15)35(31,32)28-20-11-19(27)22-18-10-16(18)13-34-24(22)23(20)25(30)33-2/h4-5,9,11,14,16,18,28H,3,6-8,10,12-13H2,1-2H3/t14-,16?,18?/m0/s1. The summed E-state index contributed by atoms with van der Waals surface area (Å²) in [5, 5.41) is 0. The lowest BCUT2D eigenvalue weighted by atomic mass is 9.98. The zero-order chi connectivity index (χ0) is 24.9. The van der Waals surface area contributed by atoms with Gasteiger partial charge in [-0.15, -0.1) is 0 Å². The first-order valence-electron chi connectivity index (χ1n) is 11.8. The van der Waals surface area contributed by atoms with Crippen molar-refractivity contribution in [2.24, 2.45) is 11.8 Å². The minimum Gasteiger partial charge on any atom is -0.492 e. The third-order valence-electron chi connectivity index (χ3n) is 7.28. The summed E-state index contributed by atoms with van der Waals surface area (Å²) in [7, 11) is -3.13. The number of ether oxygens (including phenoxy) is 2. The van der Waals surface area contributed by atoms with E-state index >= 15 is 4.39 Å². The minimum absolute atomic E-state index is 0.0262. The molecule has 0 aromatic heterocycles. The molecule has 1 saturated carbocycles. The van der Waals surface area contributed by atoms with Gasteiger partial charge in [0.2, 0.25) is 0 Å². The number of rotatable bonds is 7. The summed E-state index contributed by atoms with van der Waals surface area (Å²) < 4.78 is 69.1. The predicted molar refractivity (Wildman–Crippen MR) is 125 cm³/mol.